The Hall–Kier alpha value is -2.53. The summed E-state index contributed by atoms with van der Waals surface area (Å²) in [5, 5.41) is 0.995. The predicted molar refractivity (Wildman–Crippen MR) is 103 cm³/mol. The number of hydrogen-bond acceptors (Lipinski definition) is 4. The van der Waals surface area contributed by atoms with Gasteiger partial charge in [-0.25, -0.2) is 0 Å². The van der Waals surface area contributed by atoms with E-state index in [1.165, 1.54) is 16.4 Å². The van der Waals surface area contributed by atoms with Crippen LogP contribution < -0.4 is 4.90 Å². The van der Waals surface area contributed by atoms with E-state index >= 15 is 0 Å². The molecule has 2 heterocycles. The molecule has 1 aliphatic carbocycles. The Morgan fingerprint density at radius 3 is 2.31 bits per heavy atom. The van der Waals surface area contributed by atoms with Crippen LogP contribution >= 0.6 is 11.5 Å². The van der Waals surface area contributed by atoms with Crippen LogP contribution in [0, 0.1) is 11.8 Å². The summed E-state index contributed by atoms with van der Waals surface area (Å²) >= 11 is 1.44. The lowest BCUT2D eigenvalue weighted by atomic mass is 9.81. The third-order valence-corrected chi connectivity index (χ3v) is 6.43. The van der Waals surface area contributed by atoms with Gasteiger partial charge in [-0.2, -0.15) is 4.37 Å². The molecule has 2 atom stereocenters. The maximum atomic E-state index is 12.9. The van der Waals surface area contributed by atoms with E-state index < -0.39 is 0 Å². The van der Waals surface area contributed by atoms with Crippen LogP contribution in [0.2, 0.25) is 0 Å². The molecule has 2 fully saturated rings. The monoisotopic (exact) mass is 362 g/mol. The summed E-state index contributed by atoms with van der Waals surface area (Å²) in [6.07, 6.45) is 3.76. The van der Waals surface area contributed by atoms with E-state index in [0.29, 0.717) is 5.69 Å². The number of carbonyl (C=O) groups is 2. The standard InChI is InChI=1S/C21H18N2O2S/c24-20-15-8-4-5-9-16(15)21(25)23(20)14-10-11-18-17(12-14)19(22-26-18)13-6-2-1-3-7-13/h1-3,6-7,10-12,15-16H,4-5,8-9H2. The molecule has 2 unspecified atom stereocenters. The third kappa shape index (κ3) is 2.31. The number of carbonyl (C=O) groups excluding carboxylic acids is 2. The number of rotatable bonds is 2. The number of nitrogens with zero attached hydrogens (tertiary/aromatic N) is 2. The van der Waals surface area contributed by atoms with Crippen molar-refractivity contribution in [2.45, 2.75) is 25.7 Å². The summed E-state index contributed by atoms with van der Waals surface area (Å²) in [6, 6.07) is 15.8. The van der Waals surface area contributed by atoms with Gasteiger partial charge in [0, 0.05) is 10.9 Å². The Bertz CT molecular complexity index is 987. The van der Waals surface area contributed by atoms with Crippen molar-refractivity contribution in [1.29, 1.82) is 0 Å². The van der Waals surface area contributed by atoms with E-state index in [1.54, 1.807) is 0 Å². The number of imide groups is 1. The number of hydrogen-bond donors (Lipinski definition) is 0. The Labute approximate surface area is 155 Å². The lowest BCUT2D eigenvalue weighted by molar-refractivity contribution is -0.122. The summed E-state index contributed by atoms with van der Waals surface area (Å²) in [7, 11) is 0. The molecule has 1 saturated carbocycles. The topological polar surface area (TPSA) is 50.3 Å². The molecule has 3 aromatic rings. The zero-order valence-electron chi connectivity index (χ0n) is 14.2. The van der Waals surface area contributed by atoms with Crippen molar-refractivity contribution in [2.75, 3.05) is 4.90 Å². The second kappa shape index (κ2) is 6.02. The smallest absolute Gasteiger partial charge is 0.237 e. The van der Waals surface area contributed by atoms with Gasteiger partial charge in [-0.3, -0.25) is 14.5 Å². The second-order valence-corrected chi connectivity index (χ2v) is 7.89. The maximum absolute atomic E-state index is 12.9. The molecule has 130 valence electrons. The minimum Gasteiger partial charge on any atom is -0.274 e. The van der Waals surface area contributed by atoms with Crippen LogP contribution in [0.25, 0.3) is 21.3 Å². The zero-order valence-corrected chi connectivity index (χ0v) is 15.0. The SMILES string of the molecule is O=C1C2CCCCC2C(=O)N1c1ccc2snc(-c3ccccc3)c2c1. The van der Waals surface area contributed by atoms with E-state index in [9.17, 15) is 9.59 Å². The molecule has 0 bridgehead atoms. The van der Waals surface area contributed by atoms with Crippen molar-refractivity contribution < 1.29 is 9.59 Å². The quantitative estimate of drug-likeness (QED) is 0.624. The molecular formula is C21H18N2O2S. The Morgan fingerprint density at radius 1 is 0.923 bits per heavy atom. The maximum Gasteiger partial charge on any atom is 0.237 e. The van der Waals surface area contributed by atoms with Crippen molar-refractivity contribution in [1.82, 2.24) is 4.37 Å². The second-order valence-electron chi connectivity index (χ2n) is 7.09. The molecule has 2 aliphatic rings. The molecule has 1 saturated heterocycles. The summed E-state index contributed by atoms with van der Waals surface area (Å²) < 4.78 is 5.66. The molecule has 5 rings (SSSR count). The minimum absolute atomic E-state index is 0.0245. The van der Waals surface area contributed by atoms with Gasteiger partial charge in [0.25, 0.3) is 0 Å². The van der Waals surface area contributed by atoms with E-state index in [2.05, 4.69) is 4.37 Å². The van der Waals surface area contributed by atoms with Crippen LogP contribution in [0.3, 0.4) is 0 Å². The predicted octanol–water partition coefficient (Wildman–Crippen LogP) is 4.64. The average molecular weight is 362 g/mol. The van der Waals surface area contributed by atoms with E-state index in [1.807, 2.05) is 48.5 Å². The summed E-state index contributed by atoms with van der Waals surface area (Å²) in [5.74, 6) is -0.297. The number of aromatic nitrogens is 1. The van der Waals surface area contributed by atoms with E-state index in [0.717, 1.165) is 47.0 Å². The third-order valence-electron chi connectivity index (χ3n) is 5.60. The van der Waals surface area contributed by atoms with Crippen molar-refractivity contribution >= 4 is 39.1 Å². The highest BCUT2D eigenvalue weighted by Crippen LogP contribution is 2.41. The molecule has 1 aromatic heterocycles. The van der Waals surface area contributed by atoms with Gasteiger partial charge in [-0.15, -0.1) is 0 Å². The van der Waals surface area contributed by atoms with Crippen LogP contribution in [0.15, 0.2) is 48.5 Å². The van der Waals surface area contributed by atoms with Crippen LogP contribution in [-0.2, 0) is 9.59 Å². The Balaban J connectivity index is 1.60. The van der Waals surface area contributed by atoms with Crippen LogP contribution in [0.4, 0.5) is 5.69 Å². The molecule has 1 aliphatic heterocycles. The van der Waals surface area contributed by atoms with Crippen molar-refractivity contribution in [2.24, 2.45) is 11.8 Å². The fourth-order valence-corrected chi connectivity index (χ4v) is 5.06. The van der Waals surface area contributed by atoms with Gasteiger partial charge in [-0.1, -0.05) is 43.2 Å². The number of fused-ring (bicyclic) bond motifs is 2. The molecule has 2 amide bonds. The first kappa shape index (κ1) is 15.7. The largest absolute Gasteiger partial charge is 0.274 e. The highest BCUT2D eigenvalue weighted by molar-refractivity contribution is 7.13. The number of benzene rings is 2. The lowest BCUT2D eigenvalue weighted by Gasteiger charge is -2.19. The zero-order chi connectivity index (χ0) is 17.7. The van der Waals surface area contributed by atoms with Crippen LogP contribution in [-0.4, -0.2) is 16.2 Å². The normalized spacial score (nSPS) is 22.8. The summed E-state index contributed by atoms with van der Waals surface area (Å²) in [6.45, 7) is 0. The lowest BCUT2D eigenvalue weighted by Crippen LogP contribution is -2.30. The fourth-order valence-electron chi connectivity index (χ4n) is 4.29. The van der Waals surface area contributed by atoms with Gasteiger partial charge in [0.2, 0.25) is 11.8 Å². The minimum atomic E-state index is -0.124. The Kier molecular flexibility index (Phi) is 3.64. The van der Waals surface area contributed by atoms with E-state index in [4.69, 9.17) is 0 Å². The highest BCUT2D eigenvalue weighted by Gasteiger charge is 2.48. The van der Waals surface area contributed by atoms with Crippen molar-refractivity contribution in [3.8, 4) is 11.3 Å². The fraction of sp³-hybridized carbons (Fsp3) is 0.286. The van der Waals surface area contributed by atoms with Crippen LogP contribution in [0.5, 0.6) is 0 Å². The van der Waals surface area contributed by atoms with Crippen molar-refractivity contribution in [3.63, 3.8) is 0 Å². The molecular weight excluding hydrogens is 344 g/mol. The average Bonchev–Trinajstić information content (AvgIpc) is 3.22. The summed E-state index contributed by atoms with van der Waals surface area (Å²) in [5.41, 5.74) is 2.63. The van der Waals surface area contributed by atoms with Gasteiger partial charge in [0.05, 0.1) is 27.9 Å². The van der Waals surface area contributed by atoms with Crippen LogP contribution in [0.1, 0.15) is 25.7 Å². The highest BCUT2D eigenvalue weighted by atomic mass is 32.1. The molecule has 2 aromatic carbocycles. The molecule has 5 heteroatoms. The molecule has 0 radical (unpaired) electrons. The Morgan fingerprint density at radius 2 is 1.62 bits per heavy atom. The molecule has 0 spiro atoms. The van der Waals surface area contributed by atoms with Gasteiger partial charge < -0.3 is 0 Å². The first-order valence-electron chi connectivity index (χ1n) is 9.07. The van der Waals surface area contributed by atoms with E-state index in [-0.39, 0.29) is 23.7 Å². The molecule has 26 heavy (non-hydrogen) atoms. The first-order chi connectivity index (χ1) is 12.7. The van der Waals surface area contributed by atoms with Crippen molar-refractivity contribution in [3.05, 3.63) is 48.5 Å². The van der Waals surface area contributed by atoms with Gasteiger partial charge in [-0.05, 0) is 42.6 Å². The number of anilines is 1. The molecule has 0 N–H and O–H groups in total. The van der Waals surface area contributed by atoms with Gasteiger partial charge in [0.1, 0.15) is 0 Å². The summed E-state index contributed by atoms with van der Waals surface area (Å²) in [4.78, 5) is 27.2. The first-order valence-corrected chi connectivity index (χ1v) is 9.84. The van der Waals surface area contributed by atoms with Gasteiger partial charge >= 0.3 is 0 Å². The molecule has 4 nitrogen and oxygen atoms in total. The number of amides is 2. The van der Waals surface area contributed by atoms with Gasteiger partial charge in [0.15, 0.2) is 0 Å².